The molecule has 6 heteroatoms. The van der Waals surface area contributed by atoms with Crippen LogP contribution in [0.1, 0.15) is 50.3 Å². The first-order valence-corrected chi connectivity index (χ1v) is 11.2. The minimum atomic E-state index is -0.402. The summed E-state index contributed by atoms with van der Waals surface area (Å²) in [5, 5.41) is 12.3. The minimum Gasteiger partial charge on any atom is -0.496 e. The van der Waals surface area contributed by atoms with Crippen LogP contribution in [0, 0.1) is 11.3 Å². The highest BCUT2D eigenvalue weighted by Crippen LogP contribution is 2.26. The molecule has 1 fully saturated rings. The monoisotopic (exact) mass is 448 g/mol. The number of amides is 1. The Morgan fingerprint density at radius 2 is 2.00 bits per heavy atom. The van der Waals surface area contributed by atoms with Crippen molar-refractivity contribution in [2.45, 2.75) is 51.7 Å². The molecule has 0 aliphatic carbocycles. The SMILES string of the molecule is COc1ccc(/C=C(/C#N)C(=O)NC[C@H]2CCCO2)cc1COc1ccc(C(C)(C)C)cc1. The Morgan fingerprint density at radius 3 is 2.61 bits per heavy atom. The number of nitrogens with one attached hydrogen (secondary N) is 1. The van der Waals surface area contributed by atoms with Gasteiger partial charge in [0.1, 0.15) is 29.7 Å². The number of nitriles is 1. The molecular formula is C27H32N2O4. The van der Waals surface area contributed by atoms with E-state index in [1.165, 1.54) is 5.56 Å². The Morgan fingerprint density at radius 1 is 1.24 bits per heavy atom. The number of methoxy groups -OCH3 is 1. The summed E-state index contributed by atoms with van der Waals surface area (Å²) >= 11 is 0. The van der Waals surface area contributed by atoms with Gasteiger partial charge < -0.3 is 19.5 Å². The lowest BCUT2D eigenvalue weighted by Gasteiger charge is -2.19. The summed E-state index contributed by atoms with van der Waals surface area (Å²) in [5.74, 6) is 1.04. The molecule has 1 N–H and O–H groups in total. The zero-order chi connectivity index (χ0) is 23.8. The Hall–Kier alpha value is -3.30. The largest absolute Gasteiger partial charge is 0.496 e. The van der Waals surface area contributed by atoms with Crippen molar-refractivity contribution < 1.29 is 19.0 Å². The van der Waals surface area contributed by atoms with Crippen molar-refractivity contribution in [3.05, 3.63) is 64.7 Å². The van der Waals surface area contributed by atoms with Crippen LogP contribution in [0.3, 0.4) is 0 Å². The second-order valence-corrected chi connectivity index (χ2v) is 9.15. The van der Waals surface area contributed by atoms with Crippen molar-refractivity contribution in [1.29, 1.82) is 5.26 Å². The standard InChI is InChI=1S/C27H32N2O4/c1-27(2,3)22-8-10-23(11-9-22)33-18-21-15-19(7-12-25(21)31-4)14-20(16-28)26(30)29-17-24-6-5-13-32-24/h7-12,14-15,24H,5-6,13,17-18H2,1-4H3,(H,29,30)/b20-14-/t24-/m1/s1. The van der Waals surface area contributed by atoms with Gasteiger partial charge in [0.05, 0.1) is 13.2 Å². The highest BCUT2D eigenvalue weighted by molar-refractivity contribution is 6.01. The van der Waals surface area contributed by atoms with Crippen LogP contribution in [0.5, 0.6) is 11.5 Å². The van der Waals surface area contributed by atoms with E-state index in [0.717, 1.165) is 36.3 Å². The smallest absolute Gasteiger partial charge is 0.262 e. The van der Waals surface area contributed by atoms with Crippen LogP contribution in [0.2, 0.25) is 0 Å². The van der Waals surface area contributed by atoms with E-state index in [9.17, 15) is 10.1 Å². The molecule has 3 rings (SSSR count). The number of hydrogen-bond acceptors (Lipinski definition) is 5. The van der Waals surface area contributed by atoms with Gasteiger partial charge >= 0.3 is 0 Å². The van der Waals surface area contributed by atoms with E-state index in [4.69, 9.17) is 14.2 Å². The molecule has 1 aliphatic heterocycles. The van der Waals surface area contributed by atoms with E-state index in [-0.39, 0.29) is 17.1 Å². The third-order valence-electron chi connectivity index (χ3n) is 5.61. The van der Waals surface area contributed by atoms with Gasteiger partial charge in [0.15, 0.2) is 0 Å². The van der Waals surface area contributed by atoms with Crippen LogP contribution in [-0.4, -0.2) is 32.3 Å². The number of rotatable bonds is 8. The Labute approximate surface area is 196 Å². The minimum absolute atomic E-state index is 0.0242. The molecule has 1 aliphatic rings. The molecule has 0 aromatic heterocycles. The highest BCUT2D eigenvalue weighted by atomic mass is 16.5. The Balaban J connectivity index is 1.69. The molecule has 33 heavy (non-hydrogen) atoms. The van der Waals surface area contributed by atoms with E-state index in [2.05, 4.69) is 38.2 Å². The van der Waals surface area contributed by atoms with Gasteiger partial charge in [-0.15, -0.1) is 0 Å². The maximum absolute atomic E-state index is 12.4. The van der Waals surface area contributed by atoms with Crippen molar-refractivity contribution in [2.24, 2.45) is 0 Å². The summed E-state index contributed by atoms with van der Waals surface area (Å²) in [4.78, 5) is 12.4. The first-order valence-electron chi connectivity index (χ1n) is 11.2. The first-order chi connectivity index (χ1) is 15.8. The summed E-state index contributed by atoms with van der Waals surface area (Å²) in [6, 6.07) is 15.5. The fourth-order valence-electron chi connectivity index (χ4n) is 3.64. The van der Waals surface area contributed by atoms with Gasteiger partial charge in [0.25, 0.3) is 5.91 Å². The van der Waals surface area contributed by atoms with E-state index < -0.39 is 5.91 Å². The van der Waals surface area contributed by atoms with Crippen LogP contribution < -0.4 is 14.8 Å². The van der Waals surface area contributed by atoms with E-state index >= 15 is 0 Å². The number of hydrogen-bond donors (Lipinski definition) is 1. The third-order valence-corrected chi connectivity index (χ3v) is 5.61. The predicted octanol–water partition coefficient (Wildman–Crippen LogP) is 4.77. The van der Waals surface area contributed by atoms with E-state index in [1.807, 2.05) is 36.4 Å². The summed E-state index contributed by atoms with van der Waals surface area (Å²) in [7, 11) is 1.60. The average Bonchev–Trinajstić information content (AvgIpc) is 3.33. The topological polar surface area (TPSA) is 80.6 Å². The number of carbonyl (C=O) groups excluding carboxylic acids is 1. The van der Waals surface area contributed by atoms with Crippen molar-refractivity contribution in [3.63, 3.8) is 0 Å². The predicted molar refractivity (Wildman–Crippen MR) is 128 cm³/mol. The first kappa shape index (κ1) is 24.3. The quantitative estimate of drug-likeness (QED) is 0.465. The lowest BCUT2D eigenvalue weighted by Crippen LogP contribution is -2.32. The van der Waals surface area contributed by atoms with Crippen molar-refractivity contribution in [3.8, 4) is 17.6 Å². The molecule has 174 valence electrons. The summed E-state index contributed by atoms with van der Waals surface area (Å²) < 4.78 is 17.0. The van der Waals surface area contributed by atoms with E-state index in [0.29, 0.717) is 18.9 Å². The van der Waals surface area contributed by atoms with Gasteiger partial charge in [0, 0.05) is 18.7 Å². The number of nitrogens with zero attached hydrogens (tertiary/aromatic N) is 1. The lowest BCUT2D eigenvalue weighted by molar-refractivity contribution is -0.117. The Kier molecular flexibility index (Phi) is 8.13. The molecule has 1 atom stereocenters. The summed E-state index contributed by atoms with van der Waals surface area (Å²) in [6.07, 6.45) is 3.52. The zero-order valence-corrected chi connectivity index (χ0v) is 19.8. The molecule has 2 aromatic rings. The molecule has 0 spiro atoms. The second kappa shape index (κ2) is 11.0. The van der Waals surface area contributed by atoms with Crippen LogP contribution in [0.25, 0.3) is 6.08 Å². The van der Waals surface area contributed by atoms with Crippen LogP contribution in [-0.2, 0) is 21.6 Å². The molecule has 0 bridgehead atoms. The highest BCUT2D eigenvalue weighted by Gasteiger charge is 2.18. The molecule has 0 unspecified atom stereocenters. The fraction of sp³-hybridized carbons (Fsp3) is 0.407. The molecular weight excluding hydrogens is 416 g/mol. The third kappa shape index (κ3) is 6.84. The maximum Gasteiger partial charge on any atom is 0.262 e. The number of benzene rings is 2. The number of ether oxygens (including phenoxy) is 3. The van der Waals surface area contributed by atoms with Gasteiger partial charge in [0.2, 0.25) is 0 Å². The molecule has 0 saturated carbocycles. The van der Waals surface area contributed by atoms with Gasteiger partial charge in [-0.05, 0) is 59.7 Å². The molecule has 6 nitrogen and oxygen atoms in total. The maximum atomic E-state index is 12.4. The normalized spacial score (nSPS) is 16.2. The molecule has 2 aromatic carbocycles. The van der Waals surface area contributed by atoms with Crippen molar-refractivity contribution >= 4 is 12.0 Å². The van der Waals surface area contributed by atoms with Crippen molar-refractivity contribution in [1.82, 2.24) is 5.32 Å². The van der Waals surface area contributed by atoms with Gasteiger partial charge in [-0.2, -0.15) is 5.26 Å². The van der Waals surface area contributed by atoms with Crippen LogP contribution in [0.4, 0.5) is 0 Å². The Bertz CT molecular complexity index is 1020. The van der Waals surface area contributed by atoms with Gasteiger partial charge in [-0.3, -0.25) is 4.79 Å². The van der Waals surface area contributed by atoms with Crippen molar-refractivity contribution in [2.75, 3.05) is 20.3 Å². The molecule has 0 radical (unpaired) electrons. The van der Waals surface area contributed by atoms with Crippen LogP contribution in [0.15, 0.2) is 48.0 Å². The fourth-order valence-corrected chi connectivity index (χ4v) is 3.64. The van der Waals surface area contributed by atoms with Gasteiger partial charge in [-0.25, -0.2) is 0 Å². The van der Waals surface area contributed by atoms with E-state index in [1.54, 1.807) is 13.2 Å². The average molecular weight is 449 g/mol. The summed E-state index contributed by atoms with van der Waals surface area (Å²) in [5.41, 5.74) is 2.91. The molecule has 1 saturated heterocycles. The molecule has 1 amide bonds. The van der Waals surface area contributed by atoms with Crippen LogP contribution >= 0.6 is 0 Å². The zero-order valence-electron chi connectivity index (χ0n) is 19.8. The van der Waals surface area contributed by atoms with Gasteiger partial charge in [-0.1, -0.05) is 39.0 Å². The molecule has 1 heterocycles. The number of carbonyl (C=O) groups is 1. The lowest BCUT2D eigenvalue weighted by atomic mass is 9.87. The summed E-state index contributed by atoms with van der Waals surface area (Å²) in [6.45, 7) is 7.94. The second-order valence-electron chi connectivity index (χ2n) is 9.15.